The molecule has 1 aromatic rings. The molecule has 0 amide bonds. The van der Waals surface area contributed by atoms with Gasteiger partial charge >= 0.3 is 0 Å². The summed E-state index contributed by atoms with van der Waals surface area (Å²) in [6.45, 7) is 3.24. The second-order valence-corrected chi connectivity index (χ2v) is 5.16. The van der Waals surface area contributed by atoms with E-state index < -0.39 is 0 Å². The lowest BCUT2D eigenvalue weighted by molar-refractivity contribution is 0.0974. The van der Waals surface area contributed by atoms with Gasteiger partial charge in [0.2, 0.25) is 0 Å². The summed E-state index contributed by atoms with van der Waals surface area (Å²) in [6.07, 6.45) is 6.45. The molecule has 1 atom stereocenters. The van der Waals surface area contributed by atoms with Gasteiger partial charge in [-0.25, -0.2) is 0 Å². The number of ketones is 1. The van der Waals surface area contributed by atoms with Gasteiger partial charge in [-0.3, -0.25) is 4.79 Å². The molecule has 1 heterocycles. The second-order valence-electron chi connectivity index (χ2n) is 5.16. The quantitative estimate of drug-likeness (QED) is 0.806. The van der Waals surface area contributed by atoms with Crippen molar-refractivity contribution in [3.63, 3.8) is 0 Å². The Hall–Kier alpha value is -1.15. The summed E-state index contributed by atoms with van der Waals surface area (Å²) in [5.41, 5.74) is 2.13. The molecule has 1 fully saturated rings. The number of nitrogens with one attached hydrogen (secondary N) is 1. The van der Waals surface area contributed by atoms with Crippen LogP contribution in [0.5, 0.6) is 0 Å². The smallest absolute Gasteiger partial charge is 0.162 e. The van der Waals surface area contributed by atoms with Crippen molar-refractivity contribution in [2.24, 2.45) is 0 Å². The normalized spacial score (nSPS) is 19.7. The van der Waals surface area contributed by atoms with Crippen LogP contribution in [0.1, 0.15) is 54.9 Å². The molecule has 2 nitrogen and oxygen atoms in total. The fourth-order valence-corrected chi connectivity index (χ4v) is 2.58. The Morgan fingerprint density at radius 3 is 3.00 bits per heavy atom. The Morgan fingerprint density at radius 2 is 2.28 bits per heavy atom. The first kappa shape index (κ1) is 13.3. The molecule has 1 aliphatic heterocycles. The van der Waals surface area contributed by atoms with Crippen LogP contribution in [-0.4, -0.2) is 18.4 Å². The van der Waals surface area contributed by atoms with Crippen molar-refractivity contribution in [2.45, 2.75) is 51.5 Å². The Morgan fingerprint density at radius 1 is 1.39 bits per heavy atom. The van der Waals surface area contributed by atoms with Gasteiger partial charge in [0.05, 0.1) is 0 Å². The van der Waals surface area contributed by atoms with E-state index in [-0.39, 0.29) is 5.78 Å². The standard InChI is InChI=1S/C16H23NO/c1-2-13-6-5-7-14(12-13)16(18)10-9-15-8-3-4-11-17-15/h5-7,12,15,17H,2-4,8-11H2,1H3. The molecule has 1 unspecified atom stereocenters. The number of aryl methyl sites for hydroxylation is 1. The summed E-state index contributed by atoms with van der Waals surface area (Å²) in [5.74, 6) is 0.290. The predicted molar refractivity (Wildman–Crippen MR) is 75.0 cm³/mol. The third-order valence-corrected chi connectivity index (χ3v) is 3.79. The Balaban J connectivity index is 1.86. The fourth-order valence-electron chi connectivity index (χ4n) is 2.58. The van der Waals surface area contributed by atoms with Crippen LogP contribution in [0, 0.1) is 0 Å². The van der Waals surface area contributed by atoms with Gasteiger partial charge in [-0.1, -0.05) is 31.5 Å². The van der Waals surface area contributed by atoms with Gasteiger partial charge in [0.1, 0.15) is 0 Å². The molecule has 0 aromatic heterocycles. The fraction of sp³-hybridized carbons (Fsp3) is 0.562. The first-order chi connectivity index (χ1) is 8.79. The maximum absolute atomic E-state index is 12.1. The van der Waals surface area contributed by atoms with E-state index in [2.05, 4.69) is 18.3 Å². The highest BCUT2D eigenvalue weighted by atomic mass is 16.1. The Labute approximate surface area is 110 Å². The van der Waals surface area contributed by atoms with E-state index in [4.69, 9.17) is 0 Å². The van der Waals surface area contributed by atoms with Gasteiger partial charge in [-0.05, 0) is 43.9 Å². The zero-order valence-electron chi connectivity index (χ0n) is 11.2. The number of benzene rings is 1. The van der Waals surface area contributed by atoms with E-state index in [0.717, 1.165) is 24.9 Å². The van der Waals surface area contributed by atoms with E-state index in [1.54, 1.807) is 0 Å². The molecule has 0 spiro atoms. The van der Waals surface area contributed by atoms with Crippen LogP contribution < -0.4 is 5.32 Å². The summed E-state index contributed by atoms with van der Waals surface area (Å²) < 4.78 is 0. The van der Waals surface area contributed by atoms with Gasteiger partial charge in [0.15, 0.2) is 5.78 Å². The third kappa shape index (κ3) is 3.67. The summed E-state index contributed by atoms with van der Waals surface area (Å²) in [4.78, 5) is 12.1. The SMILES string of the molecule is CCc1cccc(C(=O)CCC2CCCCN2)c1. The van der Waals surface area contributed by atoms with Crippen LogP contribution >= 0.6 is 0 Å². The Bertz CT molecular complexity index is 394. The highest BCUT2D eigenvalue weighted by Crippen LogP contribution is 2.15. The highest BCUT2D eigenvalue weighted by Gasteiger charge is 2.14. The van der Waals surface area contributed by atoms with Crippen molar-refractivity contribution in [2.75, 3.05) is 6.54 Å². The topological polar surface area (TPSA) is 29.1 Å². The number of piperidine rings is 1. The number of hydrogen-bond donors (Lipinski definition) is 1. The average molecular weight is 245 g/mol. The molecule has 2 heteroatoms. The molecule has 1 aliphatic rings. The largest absolute Gasteiger partial charge is 0.314 e. The minimum Gasteiger partial charge on any atom is -0.314 e. The monoisotopic (exact) mass is 245 g/mol. The van der Waals surface area contributed by atoms with Crippen molar-refractivity contribution in [3.05, 3.63) is 35.4 Å². The molecule has 0 saturated carbocycles. The lowest BCUT2D eigenvalue weighted by atomic mass is 9.96. The molecule has 0 aliphatic carbocycles. The third-order valence-electron chi connectivity index (χ3n) is 3.79. The predicted octanol–water partition coefficient (Wildman–Crippen LogP) is 3.35. The second kappa shape index (κ2) is 6.69. The lowest BCUT2D eigenvalue weighted by Gasteiger charge is -2.23. The van der Waals surface area contributed by atoms with Crippen LogP contribution in [0.4, 0.5) is 0 Å². The molecule has 0 radical (unpaired) electrons. The van der Waals surface area contributed by atoms with Crippen molar-refractivity contribution in [1.82, 2.24) is 5.32 Å². The minimum absolute atomic E-state index is 0.290. The molecule has 1 saturated heterocycles. The maximum Gasteiger partial charge on any atom is 0.162 e. The van der Waals surface area contributed by atoms with E-state index in [9.17, 15) is 4.79 Å². The highest BCUT2D eigenvalue weighted by molar-refractivity contribution is 5.96. The van der Waals surface area contributed by atoms with Gasteiger partial charge in [0, 0.05) is 18.0 Å². The van der Waals surface area contributed by atoms with Crippen molar-refractivity contribution in [3.8, 4) is 0 Å². The maximum atomic E-state index is 12.1. The summed E-state index contributed by atoms with van der Waals surface area (Å²) in [7, 11) is 0. The molecule has 2 rings (SSSR count). The molecule has 0 bridgehead atoms. The number of rotatable bonds is 5. The molecular weight excluding hydrogens is 222 g/mol. The molecule has 98 valence electrons. The molecule has 1 aromatic carbocycles. The van der Waals surface area contributed by atoms with Gasteiger partial charge in [-0.15, -0.1) is 0 Å². The van der Waals surface area contributed by atoms with Gasteiger partial charge in [-0.2, -0.15) is 0 Å². The van der Waals surface area contributed by atoms with Crippen LogP contribution in [0.2, 0.25) is 0 Å². The first-order valence-electron chi connectivity index (χ1n) is 7.15. The summed E-state index contributed by atoms with van der Waals surface area (Å²) >= 11 is 0. The van der Waals surface area contributed by atoms with E-state index >= 15 is 0 Å². The number of carbonyl (C=O) groups excluding carboxylic acids is 1. The van der Waals surface area contributed by atoms with E-state index in [0.29, 0.717) is 12.5 Å². The zero-order chi connectivity index (χ0) is 12.8. The van der Waals surface area contributed by atoms with E-state index in [1.807, 2.05) is 18.2 Å². The van der Waals surface area contributed by atoms with Crippen molar-refractivity contribution in [1.29, 1.82) is 0 Å². The molecule has 1 N–H and O–H groups in total. The number of Topliss-reactive ketones (excluding diaryl/α,β-unsaturated/α-hetero) is 1. The molecular formula is C16H23NO. The van der Waals surface area contributed by atoms with Gasteiger partial charge < -0.3 is 5.32 Å². The average Bonchev–Trinajstić information content (AvgIpc) is 2.46. The number of hydrogen-bond acceptors (Lipinski definition) is 2. The van der Waals surface area contributed by atoms with Crippen LogP contribution in [0.25, 0.3) is 0 Å². The van der Waals surface area contributed by atoms with E-state index in [1.165, 1.54) is 24.8 Å². The Kier molecular flexibility index (Phi) is 4.94. The van der Waals surface area contributed by atoms with Crippen LogP contribution in [0.15, 0.2) is 24.3 Å². The lowest BCUT2D eigenvalue weighted by Crippen LogP contribution is -2.34. The van der Waals surface area contributed by atoms with Crippen LogP contribution in [-0.2, 0) is 6.42 Å². The van der Waals surface area contributed by atoms with Crippen molar-refractivity contribution < 1.29 is 4.79 Å². The van der Waals surface area contributed by atoms with Crippen LogP contribution in [0.3, 0.4) is 0 Å². The number of carbonyl (C=O) groups is 1. The molecule has 18 heavy (non-hydrogen) atoms. The summed E-state index contributed by atoms with van der Waals surface area (Å²) in [6, 6.07) is 8.61. The zero-order valence-corrected chi connectivity index (χ0v) is 11.2. The minimum atomic E-state index is 0.290. The summed E-state index contributed by atoms with van der Waals surface area (Å²) in [5, 5.41) is 3.50. The first-order valence-corrected chi connectivity index (χ1v) is 7.15. The van der Waals surface area contributed by atoms with Crippen molar-refractivity contribution >= 4 is 5.78 Å². The van der Waals surface area contributed by atoms with Gasteiger partial charge in [0.25, 0.3) is 0 Å².